The van der Waals surface area contributed by atoms with Crippen LogP contribution in [0.15, 0.2) is 0 Å². The van der Waals surface area contributed by atoms with Crippen LogP contribution in [0.5, 0.6) is 0 Å². The van der Waals surface area contributed by atoms with E-state index in [-0.39, 0.29) is 30.8 Å². The first-order valence-electron chi connectivity index (χ1n) is 7.86. The third-order valence-corrected chi connectivity index (χ3v) is 4.05. The molecule has 1 unspecified atom stereocenters. The Labute approximate surface area is 137 Å². The molecular formula is C15H33N4O2P. The maximum absolute atomic E-state index is 10.1. The number of nitriles is 1. The molecule has 0 amide bonds. The summed E-state index contributed by atoms with van der Waals surface area (Å²) in [7, 11) is -2.00. The van der Waals surface area contributed by atoms with Crippen molar-refractivity contribution in [2.45, 2.75) is 85.2 Å². The second-order valence-corrected chi connectivity index (χ2v) is 7.56. The van der Waals surface area contributed by atoms with Crippen LogP contribution in [0.25, 0.3) is 0 Å². The maximum Gasteiger partial charge on any atom is 0.250 e. The molecule has 0 bridgehead atoms. The second-order valence-electron chi connectivity index (χ2n) is 6.69. The van der Waals surface area contributed by atoms with Gasteiger partial charge >= 0.3 is 0 Å². The zero-order chi connectivity index (χ0) is 17.7. The number of rotatable bonds is 9. The van der Waals surface area contributed by atoms with Crippen molar-refractivity contribution < 1.29 is 9.42 Å². The van der Waals surface area contributed by atoms with Gasteiger partial charge in [-0.1, -0.05) is 0 Å². The normalized spacial score (nSPS) is 14.7. The largest absolute Gasteiger partial charge is 0.338 e. The van der Waals surface area contributed by atoms with Gasteiger partial charge in [-0.25, -0.2) is 0 Å². The third kappa shape index (κ3) is 5.13. The molecule has 0 rings (SSSR count). The molecule has 0 saturated heterocycles. The molecule has 0 aliphatic carbocycles. The lowest BCUT2D eigenvalue weighted by Crippen LogP contribution is -2.69. The molecule has 0 aliphatic rings. The lowest BCUT2D eigenvalue weighted by molar-refractivity contribution is -0.105. The van der Waals surface area contributed by atoms with Crippen LogP contribution in [0.4, 0.5) is 0 Å². The minimum Gasteiger partial charge on any atom is -0.338 e. The fraction of sp³-hybridized carbons (Fsp3) is 0.933. The van der Waals surface area contributed by atoms with Crippen LogP contribution >= 0.6 is 8.53 Å². The molecule has 7 heteroatoms. The molecule has 0 spiro atoms. The van der Waals surface area contributed by atoms with Crippen molar-refractivity contribution in [2.24, 2.45) is 5.50 Å². The van der Waals surface area contributed by atoms with Crippen LogP contribution in [-0.4, -0.2) is 51.1 Å². The van der Waals surface area contributed by atoms with Crippen LogP contribution in [-0.2, 0) is 4.52 Å². The molecule has 0 fully saturated rings. The molecule has 6 nitrogen and oxygen atoms in total. The predicted molar refractivity (Wildman–Crippen MR) is 91.8 cm³/mol. The van der Waals surface area contributed by atoms with Crippen molar-refractivity contribution in [2.75, 3.05) is 6.61 Å². The molecule has 130 valence electrons. The molecule has 0 aromatic carbocycles. The highest BCUT2D eigenvalue weighted by Gasteiger charge is 2.48. The van der Waals surface area contributed by atoms with Crippen molar-refractivity contribution in [3.8, 4) is 6.07 Å². The number of nitrogens with zero attached hydrogens (tertiary/aromatic N) is 3. The molecule has 0 saturated carbocycles. The average molecular weight is 332 g/mol. The van der Waals surface area contributed by atoms with E-state index in [1.165, 1.54) is 0 Å². The Morgan fingerprint density at radius 3 is 1.50 bits per heavy atom. The molecule has 1 atom stereocenters. The molecule has 0 aliphatic heterocycles. The summed E-state index contributed by atoms with van der Waals surface area (Å²) in [5.41, 5.74) is 4.43. The van der Waals surface area contributed by atoms with Crippen molar-refractivity contribution >= 4 is 8.53 Å². The van der Waals surface area contributed by atoms with E-state index in [0.717, 1.165) is 0 Å². The van der Waals surface area contributed by atoms with E-state index >= 15 is 0 Å². The van der Waals surface area contributed by atoms with E-state index in [9.17, 15) is 10.2 Å². The van der Waals surface area contributed by atoms with Gasteiger partial charge in [0.1, 0.15) is 12.7 Å². The summed E-state index contributed by atoms with van der Waals surface area (Å²) in [5.74, 6) is 0. The molecule has 0 aromatic rings. The fourth-order valence-corrected chi connectivity index (χ4v) is 3.80. The average Bonchev–Trinajstić information content (AvgIpc) is 2.33. The Bertz CT molecular complexity index is 331. The highest BCUT2D eigenvalue weighted by Crippen LogP contribution is 2.33. The Balaban J connectivity index is 6.05. The molecule has 0 heterocycles. The maximum atomic E-state index is 10.1. The van der Waals surface area contributed by atoms with Gasteiger partial charge in [-0.3, -0.25) is 15.3 Å². The number of hydrogen-bond acceptors (Lipinski definition) is 6. The van der Waals surface area contributed by atoms with E-state index in [0.29, 0.717) is 0 Å². The smallest absolute Gasteiger partial charge is 0.250 e. The van der Waals surface area contributed by atoms with Crippen molar-refractivity contribution in [1.82, 2.24) is 9.80 Å². The van der Waals surface area contributed by atoms with Crippen LogP contribution in [0.3, 0.4) is 0 Å². The first-order valence-corrected chi connectivity index (χ1v) is 9.14. The second kappa shape index (κ2) is 9.12. The van der Waals surface area contributed by atoms with Gasteiger partial charge in [0.05, 0.1) is 0 Å². The third-order valence-electron chi connectivity index (χ3n) is 3.66. The van der Waals surface area contributed by atoms with Crippen molar-refractivity contribution in [3.05, 3.63) is 0 Å². The molecule has 0 aromatic heterocycles. The molecule has 22 heavy (non-hydrogen) atoms. The lowest BCUT2D eigenvalue weighted by Gasteiger charge is -2.52. The molecule has 0 radical (unpaired) electrons. The van der Waals surface area contributed by atoms with Gasteiger partial charge in [0.2, 0.25) is 8.53 Å². The highest BCUT2D eigenvalue weighted by molar-refractivity contribution is 7.43. The number of hydrogen-bond donors (Lipinski definition) is 2. The summed E-state index contributed by atoms with van der Waals surface area (Å²) in [4.78, 5) is 13.7. The van der Waals surface area contributed by atoms with Gasteiger partial charge in [0, 0.05) is 24.2 Å². The van der Waals surface area contributed by atoms with Crippen LogP contribution < -0.4 is 5.50 Å². The Morgan fingerprint density at radius 2 is 1.32 bits per heavy atom. The van der Waals surface area contributed by atoms with Gasteiger partial charge in [-0.15, -0.1) is 0 Å². The zero-order valence-electron chi connectivity index (χ0n) is 15.2. The van der Waals surface area contributed by atoms with Crippen molar-refractivity contribution in [3.63, 3.8) is 0 Å². The van der Waals surface area contributed by atoms with Gasteiger partial charge in [0.25, 0.3) is 0 Å². The van der Waals surface area contributed by atoms with E-state index < -0.39 is 14.2 Å². The highest BCUT2D eigenvalue weighted by atomic mass is 31.2. The van der Waals surface area contributed by atoms with Gasteiger partial charge in [-0.05, 0) is 55.4 Å². The molecule has 3 N–H and O–H groups in total. The minimum atomic E-state index is -2.00. The van der Waals surface area contributed by atoms with E-state index in [2.05, 4.69) is 71.3 Å². The summed E-state index contributed by atoms with van der Waals surface area (Å²) < 4.78 is 5.35. The van der Waals surface area contributed by atoms with Crippen LogP contribution in [0.2, 0.25) is 0 Å². The Hall–Kier alpha value is -0.280. The predicted octanol–water partition coefficient (Wildman–Crippen LogP) is 2.64. The monoisotopic (exact) mass is 332 g/mol. The van der Waals surface area contributed by atoms with Gasteiger partial charge in [-0.2, -0.15) is 5.26 Å². The lowest BCUT2D eigenvalue weighted by atomic mass is 9.99. The van der Waals surface area contributed by atoms with E-state index in [4.69, 9.17) is 10.0 Å². The van der Waals surface area contributed by atoms with Crippen molar-refractivity contribution in [1.29, 1.82) is 5.26 Å². The minimum absolute atomic E-state index is 0.0505. The Kier molecular flexibility index (Phi) is 9.01. The standard InChI is InChI=1S/C15H33N4O2P/c1-11(2)18(12(3)4)15(9-16,10-21-22(17)20)19(13(5)6)14(7)8/h11-14,20H,10,17H2,1-8H3. The summed E-state index contributed by atoms with van der Waals surface area (Å²) >= 11 is 0. The van der Waals surface area contributed by atoms with E-state index in [1.807, 2.05) is 0 Å². The first-order chi connectivity index (χ1) is 10.0. The number of nitrogens with two attached hydrogens (primary N) is 1. The molecular weight excluding hydrogens is 299 g/mol. The zero-order valence-corrected chi connectivity index (χ0v) is 16.1. The SMILES string of the molecule is CC(C)N(C(C)C)C(C#N)(COP(N)O)N(C(C)C)C(C)C. The summed E-state index contributed by atoms with van der Waals surface area (Å²) in [6.45, 7) is 16.6. The van der Waals surface area contributed by atoms with E-state index in [1.54, 1.807) is 0 Å². The van der Waals surface area contributed by atoms with Crippen LogP contribution in [0, 0.1) is 11.3 Å². The van der Waals surface area contributed by atoms with Gasteiger partial charge < -0.3 is 9.42 Å². The summed E-state index contributed by atoms with van der Waals surface area (Å²) in [6, 6.07) is 3.04. The Morgan fingerprint density at radius 1 is 1.00 bits per heavy atom. The first kappa shape index (κ1) is 21.7. The summed E-state index contributed by atoms with van der Waals surface area (Å²) in [6.07, 6.45) is 0. The summed E-state index contributed by atoms with van der Waals surface area (Å²) in [5, 5.41) is 10.1. The quantitative estimate of drug-likeness (QED) is 0.499. The van der Waals surface area contributed by atoms with Crippen LogP contribution in [0.1, 0.15) is 55.4 Å². The fourth-order valence-electron chi connectivity index (χ4n) is 3.49. The topological polar surface area (TPSA) is 85.8 Å². The van der Waals surface area contributed by atoms with Gasteiger partial charge in [0.15, 0.2) is 5.66 Å².